The highest BCUT2D eigenvalue weighted by molar-refractivity contribution is 7.47. The zero-order valence-electron chi connectivity index (χ0n) is 19.1. The van der Waals surface area contributed by atoms with Crippen LogP contribution in [0.5, 0.6) is 0 Å². The number of phosphoric acid groups is 1. The van der Waals surface area contributed by atoms with E-state index in [2.05, 4.69) is 16.0 Å². The molecule has 0 aromatic heterocycles. The summed E-state index contributed by atoms with van der Waals surface area (Å²) in [5.74, 6) is 0. The fourth-order valence-electron chi connectivity index (χ4n) is 3.06. The molecule has 28 heavy (non-hydrogen) atoms. The highest BCUT2D eigenvalue weighted by atomic mass is 31.2. The van der Waals surface area contributed by atoms with Crippen LogP contribution >= 0.6 is 7.82 Å². The fraction of sp³-hybridized carbons (Fsp3) is 1.00. The Morgan fingerprint density at radius 1 is 0.607 bits per heavy atom. The van der Waals surface area contributed by atoms with Crippen LogP contribution < -0.4 is 5.73 Å². The largest absolute Gasteiger partial charge is 0.472 e. The summed E-state index contributed by atoms with van der Waals surface area (Å²) in [6.07, 6.45) is 22.9. The molecule has 0 unspecified atom stereocenters. The highest BCUT2D eigenvalue weighted by Gasteiger charge is 2.17. The van der Waals surface area contributed by atoms with Crippen molar-refractivity contribution in [1.29, 1.82) is 0 Å². The van der Waals surface area contributed by atoms with E-state index in [1.807, 2.05) is 0 Å². The second-order valence-corrected chi connectivity index (χ2v) is 8.85. The lowest BCUT2D eigenvalue weighted by molar-refractivity contribution is 0.161. The van der Waals surface area contributed by atoms with Crippen molar-refractivity contribution in [2.45, 2.75) is 124 Å². The molecule has 0 saturated carbocycles. The van der Waals surface area contributed by atoms with Crippen molar-refractivity contribution in [3.05, 3.63) is 0 Å². The van der Waals surface area contributed by atoms with Gasteiger partial charge in [-0.15, -0.1) is 0 Å². The lowest BCUT2D eigenvalue weighted by Crippen LogP contribution is -1.97. The molecule has 0 bridgehead atoms. The molecule has 0 rings (SSSR count). The van der Waals surface area contributed by atoms with Crippen molar-refractivity contribution >= 4 is 7.82 Å². The maximum absolute atomic E-state index is 10.5. The Bertz CT molecular complexity index is 304. The minimum Gasteiger partial charge on any atom is -0.330 e. The Morgan fingerprint density at radius 3 is 1.14 bits per heavy atom. The van der Waals surface area contributed by atoms with Gasteiger partial charge in [0.1, 0.15) is 0 Å². The number of hydrogen-bond acceptors (Lipinski definition) is 4. The molecule has 0 aromatic carbocycles. The van der Waals surface area contributed by atoms with E-state index in [9.17, 15) is 4.57 Å². The first-order chi connectivity index (χ1) is 13.5. The molecule has 3 N–H and O–H groups in total. The average molecular weight is 424 g/mol. The van der Waals surface area contributed by atoms with E-state index in [1.54, 1.807) is 13.8 Å². The second-order valence-electron chi connectivity index (χ2n) is 7.40. The third-order valence-electron chi connectivity index (χ3n) is 4.64. The topological polar surface area (TPSA) is 81.8 Å². The number of phosphoric ester groups is 1. The Hall–Kier alpha value is 0.0700. The third-order valence-corrected chi connectivity index (χ3v) is 5.81. The lowest BCUT2D eigenvalue weighted by Gasteiger charge is -2.07. The summed E-state index contributed by atoms with van der Waals surface area (Å²) in [6.45, 7) is 6.79. The van der Waals surface area contributed by atoms with Gasteiger partial charge in [0.2, 0.25) is 0 Å². The molecule has 0 aliphatic rings. The summed E-state index contributed by atoms with van der Waals surface area (Å²) in [4.78, 5) is 8.63. The first kappa shape index (κ1) is 30.3. The van der Waals surface area contributed by atoms with Crippen LogP contribution in [0, 0.1) is 0 Å². The van der Waals surface area contributed by atoms with Gasteiger partial charge < -0.3 is 10.6 Å². The number of unbranched alkanes of at least 4 members (excludes halogenated alkanes) is 15. The summed E-state index contributed by atoms with van der Waals surface area (Å²) in [5.41, 5.74) is 5.48. The molecule has 0 fully saturated rings. The predicted molar refractivity (Wildman–Crippen MR) is 122 cm³/mol. The van der Waals surface area contributed by atoms with Crippen molar-refractivity contribution in [3.63, 3.8) is 0 Å². The molecule has 0 atom stereocenters. The van der Waals surface area contributed by atoms with Crippen LogP contribution in [0.25, 0.3) is 0 Å². The van der Waals surface area contributed by atoms with E-state index >= 15 is 0 Å². The van der Waals surface area contributed by atoms with Crippen molar-refractivity contribution in [2.75, 3.05) is 19.8 Å². The van der Waals surface area contributed by atoms with Crippen LogP contribution in [0.1, 0.15) is 124 Å². The third kappa shape index (κ3) is 28.3. The van der Waals surface area contributed by atoms with Crippen molar-refractivity contribution in [1.82, 2.24) is 0 Å². The predicted octanol–water partition coefficient (Wildman–Crippen LogP) is 7.37. The van der Waals surface area contributed by atoms with Crippen LogP contribution in [0.3, 0.4) is 0 Å². The molecule has 0 aliphatic carbocycles. The van der Waals surface area contributed by atoms with Crippen LogP contribution in [-0.4, -0.2) is 24.7 Å². The van der Waals surface area contributed by atoms with Gasteiger partial charge in [0.25, 0.3) is 0 Å². The van der Waals surface area contributed by atoms with E-state index in [4.69, 9.17) is 10.6 Å². The van der Waals surface area contributed by atoms with Gasteiger partial charge in [-0.05, 0) is 26.8 Å². The number of rotatable bonds is 20. The van der Waals surface area contributed by atoms with Gasteiger partial charge in [0.15, 0.2) is 0 Å². The maximum Gasteiger partial charge on any atom is 0.472 e. The zero-order chi connectivity index (χ0) is 21.3. The van der Waals surface area contributed by atoms with Gasteiger partial charge in [0.05, 0.1) is 13.2 Å². The van der Waals surface area contributed by atoms with Gasteiger partial charge in [0, 0.05) is 0 Å². The lowest BCUT2D eigenvalue weighted by atomic mass is 10.0. The standard InChI is InChI=1S/C18H39N.C4H11O4P/c1-2-3-4-5-6-7-8-9-10-11-12-13-14-15-16-17-18-19;1-3-7-9(5,6)8-4-2/h2-19H2,1H3;3-4H2,1-2H3,(H,5,6). The Labute approximate surface area is 175 Å². The Kier molecular flexibility index (Phi) is 27.1. The minimum absolute atomic E-state index is 0.188. The fourth-order valence-corrected chi connectivity index (χ4v) is 3.78. The molecule has 6 heteroatoms. The van der Waals surface area contributed by atoms with Crippen LogP contribution in [0.2, 0.25) is 0 Å². The zero-order valence-corrected chi connectivity index (χ0v) is 20.0. The summed E-state index contributed by atoms with van der Waals surface area (Å²) in [6, 6.07) is 0. The van der Waals surface area contributed by atoms with E-state index in [0.29, 0.717) is 0 Å². The van der Waals surface area contributed by atoms with Crippen molar-refractivity contribution < 1.29 is 18.5 Å². The minimum atomic E-state index is -3.69. The summed E-state index contributed by atoms with van der Waals surface area (Å²) in [7, 11) is -3.69. The molecular weight excluding hydrogens is 373 g/mol. The van der Waals surface area contributed by atoms with Crippen LogP contribution in [0.4, 0.5) is 0 Å². The van der Waals surface area contributed by atoms with Crippen LogP contribution in [-0.2, 0) is 13.6 Å². The van der Waals surface area contributed by atoms with Crippen LogP contribution in [0.15, 0.2) is 0 Å². The number of hydrogen-bond donors (Lipinski definition) is 2. The first-order valence-electron chi connectivity index (χ1n) is 11.9. The molecule has 0 amide bonds. The van der Waals surface area contributed by atoms with Gasteiger partial charge in [-0.2, -0.15) is 0 Å². The smallest absolute Gasteiger partial charge is 0.330 e. The second kappa shape index (κ2) is 25.1. The monoisotopic (exact) mass is 423 g/mol. The maximum atomic E-state index is 10.5. The number of nitrogens with two attached hydrogens (primary N) is 1. The van der Waals surface area contributed by atoms with E-state index < -0.39 is 7.82 Å². The molecule has 0 aliphatic heterocycles. The molecule has 0 radical (unpaired) electrons. The molecule has 0 spiro atoms. The Morgan fingerprint density at radius 2 is 0.893 bits per heavy atom. The summed E-state index contributed by atoms with van der Waals surface area (Å²) < 4.78 is 19.2. The molecular formula is C22H50NO4P. The summed E-state index contributed by atoms with van der Waals surface area (Å²) >= 11 is 0. The molecule has 0 heterocycles. The van der Waals surface area contributed by atoms with E-state index in [-0.39, 0.29) is 13.2 Å². The summed E-state index contributed by atoms with van der Waals surface area (Å²) in [5, 5.41) is 0. The van der Waals surface area contributed by atoms with Gasteiger partial charge in [-0.25, -0.2) is 4.57 Å². The normalized spacial score (nSPS) is 11.3. The van der Waals surface area contributed by atoms with Crippen molar-refractivity contribution in [2.24, 2.45) is 5.73 Å². The molecule has 0 saturated heterocycles. The first-order valence-corrected chi connectivity index (χ1v) is 13.4. The average Bonchev–Trinajstić information content (AvgIpc) is 2.65. The van der Waals surface area contributed by atoms with Crippen molar-refractivity contribution in [3.8, 4) is 0 Å². The van der Waals surface area contributed by atoms with E-state index in [0.717, 1.165) is 6.54 Å². The van der Waals surface area contributed by atoms with Gasteiger partial charge in [-0.3, -0.25) is 9.05 Å². The molecule has 0 aromatic rings. The van der Waals surface area contributed by atoms with Gasteiger partial charge >= 0.3 is 7.82 Å². The quantitative estimate of drug-likeness (QED) is 0.158. The molecule has 5 nitrogen and oxygen atoms in total. The molecule has 172 valence electrons. The Balaban J connectivity index is 0. The van der Waals surface area contributed by atoms with Gasteiger partial charge in [-0.1, -0.05) is 103 Å². The SMILES string of the molecule is CCCCCCCCCCCCCCCCCCN.CCOP(=O)(O)OCC. The van der Waals surface area contributed by atoms with E-state index in [1.165, 1.54) is 103 Å². The highest BCUT2D eigenvalue weighted by Crippen LogP contribution is 2.42.